The first-order chi connectivity index (χ1) is 10.5. The predicted molar refractivity (Wildman–Crippen MR) is 91.2 cm³/mol. The summed E-state index contributed by atoms with van der Waals surface area (Å²) >= 11 is 0. The molecule has 0 aromatic carbocycles. The van der Waals surface area contributed by atoms with E-state index in [-0.39, 0.29) is 12.3 Å². The topological polar surface area (TPSA) is 74.7 Å². The minimum Gasteiger partial charge on any atom is -0.446 e. The number of carbonyl (C=O) groups is 2. The van der Waals surface area contributed by atoms with E-state index in [1.54, 1.807) is 25.6 Å². The lowest BCUT2D eigenvalue weighted by Gasteiger charge is -2.40. The van der Waals surface area contributed by atoms with E-state index < -0.39 is 19.4 Å². The zero-order valence-electron chi connectivity index (χ0n) is 15.0. The third-order valence-electron chi connectivity index (χ3n) is 2.84. The van der Waals surface area contributed by atoms with Gasteiger partial charge in [0, 0.05) is 11.1 Å². The molecule has 0 aliphatic rings. The molecule has 8 nitrogen and oxygen atoms in total. The van der Waals surface area contributed by atoms with Gasteiger partial charge in [0.05, 0.1) is 0 Å². The van der Waals surface area contributed by atoms with Crippen LogP contribution in [0.4, 0.5) is 0 Å². The van der Waals surface area contributed by atoms with Crippen LogP contribution in [0.3, 0.4) is 0 Å². The molecule has 0 bridgehead atoms. The van der Waals surface area contributed by atoms with Gasteiger partial charge in [-0.05, 0) is 54.0 Å². The molecule has 0 aliphatic carbocycles. The van der Waals surface area contributed by atoms with Crippen LogP contribution in [0.2, 0.25) is 0 Å². The average Bonchev–Trinajstić information content (AvgIpc) is 2.43. The van der Waals surface area contributed by atoms with E-state index in [1.165, 1.54) is 0 Å². The molecular weight excluding hydrogens is 319 g/mol. The second-order valence-corrected chi connectivity index (χ2v) is 8.99. The Bertz CT molecular complexity index is 531. The van der Waals surface area contributed by atoms with E-state index >= 15 is 0 Å². The molecule has 0 saturated carbocycles. The summed E-state index contributed by atoms with van der Waals surface area (Å²) in [6.07, 6.45) is 0. The van der Waals surface area contributed by atoms with Gasteiger partial charge in [0.15, 0.2) is 6.73 Å². The highest BCUT2D eigenvalue weighted by Crippen LogP contribution is 2.55. The summed E-state index contributed by atoms with van der Waals surface area (Å²) in [7, 11) is 6.39. The third-order valence-corrected chi connectivity index (χ3v) is 6.32. The maximum Gasteiger partial charge on any atom is 0.360 e. The van der Waals surface area contributed by atoms with Gasteiger partial charge in [0.1, 0.15) is 0 Å². The molecule has 0 spiro atoms. The highest BCUT2D eigenvalue weighted by atomic mass is 31.2. The molecule has 132 valence electrons. The van der Waals surface area contributed by atoms with Crippen molar-refractivity contribution in [1.82, 2.24) is 14.0 Å². The largest absolute Gasteiger partial charge is 0.446 e. The lowest BCUT2D eigenvalue weighted by atomic mass is 10.4. The van der Waals surface area contributed by atoms with Crippen molar-refractivity contribution in [3.05, 3.63) is 24.3 Å². The molecule has 0 heterocycles. The number of carbonyl (C=O) groups excluding carboxylic acids is 2. The summed E-state index contributed by atoms with van der Waals surface area (Å²) in [6, 6.07) is 0. The van der Waals surface area contributed by atoms with Gasteiger partial charge in [-0.15, -0.1) is 0 Å². The van der Waals surface area contributed by atoms with Crippen molar-refractivity contribution < 1.29 is 19.2 Å². The minimum atomic E-state index is -2.58. The molecule has 0 saturated heterocycles. The van der Waals surface area contributed by atoms with Crippen LogP contribution in [-0.4, -0.2) is 67.9 Å². The lowest BCUT2D eigenvalue weighted by Crippen LogP contribution is -2.35. The van der Waals surface area contributed by atoms with Crippen LogP contribution in [0, 0.1) is 0 Å². The fourth-order valence-electron chi connectivity index (χ4n) is 1.70. The molecule has 0 atom stereocenters. The average molecular weight is 346 g/mol. The Morgan fingerprint density at radius 3 is 1.74 bits per heavy atom. The van der Waals surface area contributed by atoms with Gasteiger partial charge in [0.25, 0.3) is 0 Å². The summed E-state index contributed by atoms with van der Waals surface area (Å²) < 4.78 is 10.5. The van der Waals surface area contributed by atoms with Crippen molar-refractivity contribution in [1.29, 1.82) is 0 Å². The monoisotopic (exact) mass is 346 g/mol. The Hall–Kier alpha value is -1.47. The lowest BCUT2D eigenvalue weighted by molar-refractivity contribution is -0.142. The molecule has 0 unspecified atom stereocenters. The quantitative estimate of drug-likeness (QED) is 0.219. The van der Waals surface area contributed by atoms with E-state index in [9.17, 15) is 9.59 Å². The van der Waals surface area contributed by atoms with Crippen LogP contribution >= 0.6 is 7.51 Å². The van der Waals surface area contributed by atoms with Crippen LogP contribution in [-0.2, 0) is 19.2 Å². The second-order valence-electron chi connectivity index (χ2n) is 5.47. The van der Waals surface area contributed by atoms with E-state index in [0.29, 0.717) is 5.57 Å². The Morgan fingerprint density at radius 1 is 0.957 bits per heavy atom. The van der Waals surface area contributed by atoms with Crippen molar-refractivity contribution in [2.24, 2.45) is 4.91 Å². The van der Waals surface area contributed by atoms with Gasteiger partial charge in [0.2, 0.25) is 7.51 Å². The highest BCUT2D eigenvalue weighted by molar-refractivity contribution is 7.58. The van der Waals surface area contributed by atoms with Gasteiger partial charge < -0.3 is 9.57 Å². The first-order valence-electron chi connectivity index (χ1n) is 6.85. The number of nitrogens with zero attached hydrogens (tertiary/aromatic N) is 4. The Morgan fingerprint density at radius 2 is 1.39 bits per heavy atom. The van der Waals surface area contributed by atoms with Crippen molar-refractivity contribution in [2.75, 3.05) is 42.0 Å². The smallest absolute Gasteiger partial charge is 0.360 e. The SMILES string of the molecule is C=C(C)C(=O)OCN(C)P(=NOC(=O)C(=C)C)(N(C)C)N(C)C. The van der Waals surface area contributed by atoms with Crippen molar-refractivity contribution >= 4 is 19.4 Å². The van der Waals surface area contributed by atoms with Gasteiger partial charge in [-0.1, -0.05) is 13.2 Å². The van der Waals surface area contributed by atoms with Crippen molar-refractivity contribution in [3.8, 4) is 0 Å². The molecular formula is C14H27N4O4P. The van der Waals surface area contributed by atoms with Gasteiger partial charge in [-0.3, -0.25) is 0 Å². The van der Waals surface area contributed by atoms with E-state index in [2.05, 4.69) is 18.1 Å². The molecule has 23 heavy (non-hydrogen) atoms. The van der Waals surface area contributed by atoms with Crippen LogP contribution in [0.5, 0.6) is 0 Å². The summed E-state index contributed by atoms with van der Waals surface area (Å²) in [5.41, 5.74) is 0.559. The van der Waals surface area contributed by atoms with Crippen LogP contribution in [0.15, 0.2) is 29.2 Å². The standard InChI is InChI=1S/C14H27N4O4P/c1-11(2)13(19)21-10-18(9)23(16(5)6,17(7)8)15-22-14(20)12(3)4/h1,3,10H2,2,4-9H3. The number of hydrogen-bond acceptors (Lipinski definition) is 5. The predicted octanol–water partition coefficient (Wildman–Crippen LogP) is 2.10. The Labute approximate surface area is 138 Å². The minimum absolute atomic E-state index is 0.0239. The molecule has 0 fully saturated rings. The number of hydrogen-bond donors (Lipinski definition) is 0. The molecule has 0 aromatic rings. The molecule has 9 heteroatoms. The normalized spacial score (nSPS) is 11.6. The Balaban J connectivity index is 5.54. The summed E-state index contributed by atoms with van der Waals surface area (Å²) in [6.45, 7) is 10.2. The molecule has 0 radical (unpaired) electrons. The van der Waals surface area contributed by atoms with Gasteiger partial charge >= 0.3 is 11.9 Å². The number of rotatable bonds is 8. The van der Waals surface area contributed by atoms with E-state index in [1.807, 2.05) is 37.5 Å². The fourth-order valence-corrected chi connectivity index (χ4v) is 4.45. The van der Waals surface area contributed by atoms with Crippen LogP contribution in [0.1, 0.15) is 13.8 Å². The van der Waals surface area contributed by atoms with Gasteiger partial charge in [-0.2, -0.15) is 0 Å². The Kier molecular flexibility index (Phi) is 8.41. The number of esters is 1. The molecule has 0 rings (SSSR count). The molecule has 0 amide bonds. The summed E-state index contributed by atoms with van der Waals surface area (Å²) in [5.74, 6) is -1.10. The first-order valence-corrected chi connectivity index (χ1v) is 8.45. The van der Waals surface area contributed by atoms with Crippen molar-refractivity contribution in [3.63, 3.8) is 0 Å². The zero-order chi connectivity index (χ0) is 18.4. The maximum atomic E-state index is 11.7. The van der Waals surface area contributed by atoms with Crippen LogP contribution in [0.25, 0.3) is 0 Å². The third kappa shape index (κ3) is 5.58. The van der Waals surface area contributed by atoms with E-state index in [0.717, 1.165) is 0 Å². The highest BCUT2D eigenvalue weighted by Gasteiger charge is 2.33. The number of ether oxygens (including phenoxy) is 1. The van der Waals surface area contributed by atoms with E-state index in [4.69, 9.17) is 9.57 Å². The van der Waals surface area contributed by atoms with Crippen molar-refractivity contribution in [2.45, 2.75) is 13.8 Å². The second kappa shape index (κ2) is 8.98. The molecule has 0 aromatic heterocycles. The molecule has 0 N–H and O–H groups in total. The first kappa shape index (κ1) is 21.5. The maximum absolute atomic E-state index is 11.7. The van der Waals surface area contributed by atoms with Gasteiger partial charge in [-0.25, -0.2) is 23.6 Å². The summed E-state index contributed by atoms with van der Waals surface area (Å²) in [5, 5.41) is 0. The fraction of sp³-hybridized carbons (Fsp3) is 0.571. The van der Waals surface area contributed by atoms with Crippen LogP contribution < -0.4 is 0 Å². The summed E-state index contributed by atoms with van der Waals surface area (Å²) in [4.78, 5) is 32.4. The molecule has 0 aliphatic heterocycles. The zero-order valence-corrected chi connectivity index (χ0v) is 15.9.